The zero-order valence-corrected chi connectivity index (χ0v) is 17.7. The molecule has 3 rings (SSSR count). The molecule has 156 valence electrons. The summed E-state index contributed by atoms with van der Waals surface area (Å²) < 4.78 is 16.6. The summed E-state index contributed by atoms with van der Waals surface area (Å²) in [5, 5.41) is 3.79. The van der Waals surface area contributed by atoms with Crippen LogP contribution in [0.1, 0.15) is 30.9 Å². The second-order valence-electron chi connectivity index (χ2n) is 7.43. The summed E-state index contributed by atoms with van der Waals surface area (Å²) in [6.45, 7) is 3.99. The summed E-state index contributed by atoms with van der Waals surface area (Å²) in [5.74, 6) is 0.645. The molecule has 1 N–H and O–H groups in total. The summed E-state index contributed by atoms with van der Waals surface area (Å²) in [4.78, 5) is 12.7. The van der Waals surface area contributed by atoms with E-state index < -0.39 is 6.10 Å². The third-order valence-electron chi connectivity index (χ3n) is 5.49. The van der Waals surface area contributed by atoms with E-state index in [4.69, 9.17) is 25.8 Å². The lowest BCUT2D eigenvalue weighted by molar-refractivity contribution is -0.133. The number of rotatable bonds is 8. The largest absolute Gasteiger partial charge is 0.497 e. The van der Waals surface area contributed by atoms with E-state index in [1.165, 1.54) is 0 Å². The van der Waals surface area contributed by atoms with Crippen LogP contribution in [0.5, 0.6) is 5.75 Å². The molecule has 0 radical (unpaired) electrons. The van der Waals surface area contributed by atoms with E-state index in [0.717, 1.165) is 29.7 Å². The van der Waals surface area contributed by atoms with Gasteiger partial charge in [0.2, 0.25) is 5.91 Å². The normalized spacial score (nSPS) is 16.8. The van der Waals surface area contributed by atoms with Crippen molar-refractivity contribution in [3.63, 3.8) is 0 Å². The Morgan fingerprint density at radius 2 is 1.97 bits per heavy atom. The quantitative estimate of drug-likeness (QED) is 0.702. The first-order chi connectivity index (χ1) is 14.0. The van der Waals surface area contributed by atoms with Crippen molar-refractivity contribution in [3.05, 3.63) is 64.7 Å². The summed E-state index contributed by atoms with van der Waals surface area (Å²) >= 11 is 6.21. The summed E-state index contributed by atoms with van der Waals surface area (Å²) in [5.41, 5.74) is 1.92. The van der Waals surface area contributed by atoms with Crippen LogP contribution < -0.4 is 10.1 Å². The van der Waals surface area contributed by atoms with Crippen molar-refractivity contribution in [2.75, 3.05) is 26.9 Å². The fraction of sp³-hybridized carbons (Fsp3) is 0.435. The van der Waals surface area contributed by atoms with Gasteiger partial charge in [-0.3, -0.25) is 4.79 Å². The van der Waals surface area contributed by atoms with E-state index >= 15 is 0 Å². The highest BCUT2D eigenvalue weighted by Crippen LogP contribution is 2.35. The van der Waals surface area contributed by atoms with Gasteiger partial charge < -0.3 is 19.5 Å². The second kappa shape index (κ2) is 10.1. The maximum Gasteiger partial charge on any atom is 0.248 e. The SMILES string of the molecule is COc1cccc(COC(C)C(=O)NCC2(c3cccc(Cl)c3)CCOCC2)c1. The average Bonchev–Trinajstić information content (AvgIpc) is 2.76. The van der Waals surface area contributed by atoms with Gasteiger partial charge in [-0.1, -0.05) is 35.9 Å². The lowest BCUT2D eigenvalue weighted by Crippen LogP contribution is -2.47. The highest BCUT2D eigenvalue weighted by molar-refractivity contribution is 6.30. The van der Waals surface area contributed by atoms with Crippen molar-refractivity contribution in [3.8, 4) is 5.75 Å². The lowest BCUT2D eigenvalue weighted by atomic mass is 9.74. The van der Waals surface area contributed by atoms with E-state index in [1.54, 1.807) is 14.0 Å². The molecule has 2 aromatic rings. The van der Waals surface area contributed by atoms with E-state index in [-0.39, 0.29) is 11.3 Å². The van der Waals surface area contributed by atoms with Gasteiger partial charge in [-0.25, -0.2) is 0 Å². The van der Waals surface area contributed by atoms with Crippen molar-refractivity contribution in [1.29, 1.82) is 0 Å². The molecule has 5 nitrogen and oxygen atoms in total. The molecule has 1 aliphatic rings. The molecule has 1 fully saturated rings. The van der Waals surface area contributed by atoms with Crippen LogP contribution >= 0.6 is 11.6 Å². The Kier molecular flexibility index (Phi) is 7.53. The third-order valence-corrected chi connectivity index (χ3v) is 5.73. The van der Waals surface area contributed by atoms with Gasteiger partial charge in [0, 0.05) is 30.2 Å². The first kappa shape index (κ1) is 21.6. The van der Waals surface area contributed by atoms with Crippen LogP contribution in [0.2, 0.25) is 5.02 Å². The van der Waals surface area contributed by atoms with Crippen LogP contribution in [-0.4, -0.2) is 38.9 Å². The molecular formula is C23H28ClNO4. The molecule has 1 aliphatic heterocycles. The monoisotopic (exact) mass is 417 g/mol. The fourth-order valence-electron chi connectivity index (χ4n) is 3.61. The first-order valence-electron chi connectivity index (χ1n) is 9.88. The molecule has 6 heteroatoms. The van der Waals surface area contributed by atoms with Gasteiger partial charge in [0.1, 0.15) is 11.9 Å². The number of carbonyl (C=O) groups excluding carboxylic acids is 1. The van der Waals surface area contributed by atoms with Gasteiger partial charge in [0.05, 0.1) is 13.7 Å². The first-order valence-corrected chi connectivity index (χ1v) is 10.3. The summed E-state index contributed by atoms with van der Waals surface area (Å²) in [7, 11) is 1.63. The van der Waals surface area contributed by atoms with Gasteiger partial charge in [0.25, 0.3) is 0 Å². The standard InChI is InChI=1S/C23H28ClNO4/c1-17(29-15-18-5-3-8-21(13-18)27-2)22(26)25-16-23(9-11-28-12-10-23)19-6-4-7-20(24)14-19/h3-8,13-14,17H,9-12,15-16H2,1-2H3,(H,25,26). The van der Waals surface area contributed by atoms with Gasteiger partial charge in [-0.15, -0.1) is 0 Å². The van der Waals surface area contributed by atoms with Crippen molar-refractivity contribution in [2.45, 2.75) is 37.9 Å². The van der Waals surface area contributed by atoms with E-state index in [1.807, 2.05) is 42.5 Å². The molecule has 0 aliphatic carbocycles. The molecule has 2 aromatic carbocycles. The lowest BCUT2D eigenvalue weighted by Gasteiger charge is -2.38. The Bertz CT molecular complexity index is 820. The highest BCUT2D eigenvalue weighted by Gasteiger charge is 2.35. The minimum atomic E-state index is -0.558. The zero-order valence-electron chi connectivity index (χ0n) is 16.9. The zero-order chi connectivity index (χ0) is 20.7. The Morgan fingerprint density at radius 3 is 2.69 bits per heavy atom. The Hall–Kier alpha value is -2.08. The van der Waals surface area contributed by atoms with Gasteiger partial charge in [-0.05, 0) is 55.2 Å². The van der Waals surface area contributed by atoms with Crippen molar-refractivity contribution in [1.82, 2.24) is 5.32 Å². The Balaban J connectivity index is 1.59. The number of nitrogens with one attached hydrogen (secondary N) is 1. The molecule has 0 aromatic heterocycles. The van der Waals surface area contributed by atoms with Gasteiger partial charge in [-0.2, -0.15) is 0 Å². The van der Waals surface area contributed by atoms with Crippen molar-refractivity contribution in [2.24, 2.45) is 0 Å². The summed E-state index contributed by atoms with van der Waals surface area (Å²) in [6.07, 6.45) is 1.12. The van der Waals surface area contributed by atoms with Crippen LogP contribution in [-0.2, 0) is 26.3 Å². The van der Waals surface area contributed by atoms with E-state index in [0.29, 0.717) is 31.4 Å². The Labute approximate surface area is 177 Å². The molecule has 1 saturated heterocycles. The predicted octanol–water partition coefficient (Wildman–Crippen LogP) is 4.12. The minimum absolute atomic E-state index is 0.124. The third kappa shape index (κ3) is 5.72. The number of amides is 1. The van der Waals surface area contributed by atoms with Crippen LogP contribution in [0, 0.1) is 0 Å². The predicted molar refractivity (Wildman–Crippen MR) is 113 cm³/mol. The van der Waals surface area contributed by atoms with Crippen LogP contribution in [0.3, 0.4) is 0 Å². The number of hydrogen-bond donors (Lipinski definition) is 1. The molecule has 0 bridgehead atoms. The van der Waals surface area contributed by atoms with Crippen LogP contribution in [0.25, 0.3) is 0 Å². The van der Waals surface area contributed by atoms with E-state index in [9.17, 15) is 4.79 Å². The number of carbonyl (C=O) groups is 1. The number of methoxy groups -OCH3 is 1. The molecular weight excluding hydrogens is 390 g/mol. The van der Waals surface area contributed by atoms with E-state index in [2.05, 4.69) is 11.4 Å². The molecule has 0 spiro atoms. The second-order valence-corrected chi connectivity index (χ2v) is 7.86. The van der Waals surface area contributed by atoms with Crippen LogP contribution in [0.15, 0.2) is 48.5 Å². The molecule has 1 unspecified atom stereocenters. The van der Waals surface area contributed by atoms with Crippen molar-refractivity contribution >= 4 is 17.5 Å². The summed E-state index contributed by atoms with van der Waals surface area (Å²) in [6, 6.07) is 15.5. The van der Waals surface area contributed by atoms with Crippen molar-refractivity contribution < 1.29 is 19.0 Å². The smallest absolute Gasteiger partial charge is 0.248 e. The molecule has 1 heterocycles. The number of ether oxygens (including phenoxy) is 3. The number of benzene rings is 2. The average molecular weight is 418 g/mol. The number of hydrogen-bond acceptors (Lipinski definition) is 4. The number of halogens is 1. The molecule has 0 saturated carbocycles. The highest BCUT2D eigenvalue weighted by atomic mass is 35.5. The maximum atomic E-state index is 12.7. The maximum absolute atomic E-state index is 12.7. The minimum Gasteiger partial charge on any atom is -0.497 e. The van der Waals surface area contributed by atoms with Gasteiger partial charge in [0.15, 0.2) is 0 Å². The van der Waals surface area contributed by atoms with Gasteiger partial charge >= 0.3 is 0 Å². The van der Waals surface area contributed by atoms with Crippen LogP contribution in [0.4, 0.5) is 0 Å². The molecule has 1 atom stereocenters. The Morgan fingerprint density at radius 1 is 1.21 bits per heavy atom. The fourth-order valence-corrected chi connectivity index (χ4v) is 3.80. The molecule has 29 heavy (non-hydrogen) atoms. The topological polar surface area (TPSA) is 56.8 Å². The molecule has 1 amide bonds.